The van der Waals surface area contributed by atoms with Crippen molar-refractivity contribution in [1.29, 1.82) is 0 Å². The monoisotopic (exact) mass is 269 g/mol. The second-order valence-corrected chi connectivity index (χ2v) is 5.62. The Balaban J connectivity index is 1.73. The van der Waals surface area contributed by atoms with E-state index in [9.17, 15) is 5.11 Å². The Morgan fingerprint density at radius 1 is 1.11 bits per heavy atom. The highest BCUT2D eigenvalue weighted by Gasteiger charge is 2.21. The molecule has 1 heterocycles. The molecule has 0 saturated carbocycles. The van der Waals surface area contributed by atoms with Crippen molar-refractivity contribution in [3.05, 3.63) is 12.7 Å². The van der Waals surface area contributed by atoms with Crippen LogP contribution in [0.2, 0.25) is 0 Å². The molecule has 0 unspecified atom stereocenters. The van der Waals surface area contributed by atoms with Gasteiger partial charge in [-0.2, -0.15) is 0 Å². The topological polar surface area (TPSA) is 41.5 Å². The van der Waals surface area contributed by atoms with E-state index in [4.69, 9.17) is 4.74 Å². The lowest BCUT2D eigenvalue weighted by Crippen LogP contribution is -2.26. The van der Waals surface area contributed by atoms with Crippen LogP contribution in [0.3, 0.4) is 0 Å². The molecule has 0 bridgehead atoms. The van der Waals surface area contributed by atoms with Gasteiger partial charge in [-0.25, -0.2) is 0 Å². The van der Waals surface area contributed by atoms with Crippen LogP contribution in [0.4, 0.5) is 0 Å². The van der Waals surface area contributed by atoms with Gasteiger partial charge in [-0.1, -0.05) is 38.2 Å². The molecule has 2 atom stereocenters. The first-order chi connectivity index (χ1) is 9.33. The van der Waals surface area contributed by atoms with Gasteiger partial charge < -0.3 is 15.2 Å². The summed E-state index contributed by atoms with van der Waals surface area (Å²) in [5, 5.41) is 12.6. The van der Waals surface area contributed by atoms with E-state index >= 15 is 0 Å². The molecule has 0 radical (unpaired) electrons. The average molecular weight is 269 g/mol. The van der Waals surface area contributed by atoms with Crippen molar-refractivity contribution >= 4 is 0 Å². The summed E-state index contributed by atoms with van der Waals surface area (Å²) in [7, 11) is 0. The summed E-state index contributed by atoms with van der Waals surface area (Å²) in [5.74, 6) is 0. The first-order valence-corrected chi connectivity index (χ1v) is 7.93. The average Bonchev–Trinajstić information content (AvgIpc) is 2.82. The van der Waals surface area contributed by atoms with Gasteiger partial charge in [0.15, 0.2) is 0 Å². The van der Waals surface area contributed by atoms with E-state index in [0.29, 0.717) is 6.04 Å². The summed E-state index contributed by atoms with van der Waals surface area (Å²) in [6.45, 7) is 6.07. The molecule has 0 amide bonds. The fourth-order valence-corrected chi connectivity index (χ4v) is 2.53. The zero-order valence-corrected chi connectivity index (χ0v) is 12.3. The van der Waals surface area contributed by atoms with Gasteiger partial charge in [-0.3, -0.25) is 0 Å². The molecule has 1 aliphatic heterocycles. The van der Waals surface area contributed by atoms with E-state index in [1.165, 1.54) is 44.9 Å². The number of rotatable bonds is 12. The summed E-state index contributed by atoms with van der Waals surface area (Å²) in [6.07, 6.45) is 13.0. The molecule has 0 aromatic heterocycles. The summed E-state index contributed by atoms with van der Waals surface area (Å²) in [4.78, 5) is 0. The van der Waals surface area contributed by atoms with Crippen LogP contribution >= 0.6 is 0 Å². The summed E-state index contributed by atoms with van der Waals surface area (Å²) < 4.78 is 5.64. The van der Waals surface area contributed by atoms with Gasteiger partial charge >= 0.3 is 0 Å². The summed E-state index contributed by atoms with van der Waals surface area (Å²) >= 11 is 0. The van der Waals surface area contributed by atoms with Crippen LogP contribution in [0.1, 0.15) is 57.8 Å². The van der Waals surface area contributed by atoms with Crippen molar-refractivity contribution in [3.63, 3.8) is 0 Å². The number of unbranched alkanes of at least 4 members (excludes halogenated alkanes) is 7. The van der Waals surface area contributed by atoms with Gasteiger partial charge in [0, 0.05) is 19.2 Å². The van der Waals surface area contributed by atoms with Crippen molar-refractivity contribution in [2.75, 3.05) is 19.8 Å². The third-order valence-electron chi connectivity index (χ3n) is 3.71. The van der Waals surface area contributed by atoms with Gasteiger partial charge in [0.25, 0.3) is 0 Å². The minimum absolute atomic E-state index is 0.172. The van der Waals surface area contributed by atoms with Crippen molar-refractivity contribution in [1.82, 2.24) is 5.32 Å². The first kappa shape index (κ1) is 16.7. The van der Waals surface area contributed by atoms with Crippen LogP contribution in [-0.4, -0.2) is 37.0 Å². The van der Waals surface area contributed by atoms with E-state index in [0.717, 1.165) is 32.6 Å². The van der Waals surface area contributed by atoms with Crippen molar-refractivity contribution in [2.45, 2.75) is 69.9 Å². The van der Waals surface area contributed by atoms with E-state index in [1.807, 2.05) is 6.08 Å². The largest absolute Gasteiger partial charge is 0.392 e. The van der Waals surface area contributed by atoms with Gasteiger partial charge in [-0.05, 0) is 25.7 Å². The molecule has 1 fully saturated rings. The Morgan fingerprint density at radius 3 is 2.42 bits per heavy atom. The van der Waals surface area contributed by atoms with E-state index < -0.39 is 0 Å². The summed E-state index contributed by atoms with van der Waals surface area (Å²) in [5.41, 5.74) is 0. The minimum Gasteiger partial charge on any atom is -0.392 e. The zero-order valence-electron chi connectivity index (χ0n) is 12.3. The highest BCUT2D eigenvalue weighted by atomic mass is 16.5. The molecule has 0 spiro atoms. The Labute approximate surface area is 118 Å². The van der Waals surface area contributed by atoms with Gasteiger partial charge in [-0.15, -0.1) is 6.58 Å². The first-order valence-electron chi connectivity index (χ1n) is 7.93. The lowest BCUT2D eigenvalue weighted by molar-refractivity contribution is 0.107. The molecule has 112 valence electrons. The molecule has 19 heavy (non-hydrogen) atoms. The second-order valence-electron chi connectivity index (χ2n) is 5.62. The number of hydrogen-bond donors (Lipinski definition) is 2. The SMILES string of the molecule is C=CCCCCCCCCCOC[C@@H]1C[C@@H](O)CN1. The molecule has 1 saturated heterocycles. The standard InChI is InChI=1S/C16H31NO2/c1-2-3-4-5-6-7-8-9-10-11-19-14-15-12-16(18)13-17-15/h2,15-18H,1,3-14H2/t15-,16+/m0/s1. The van der Waals surface area contributed by atoms with Gasteiger partial charge in [0.1, 0.15) is 0 Å². The lowest BCUT2D eigenvalue weighted by Gasteiger charge is -2.10. The lowest BCUT2D eigenvalue weighted by atomic mass is 10.1. The molecular formula is C16H31NO2. The van der Waals surface area contributed by atoms with Crippen molar-refractivity contribution in [3.8, 4) is 0 Å². The van der Waals surface area contributed by atoms with Crippen LogP contribution < -0.4 is 5.32 Å². The molecular weight excluding hydrogens is 238 g/mol. The minimum atomic E-state index is -0.172. The fraction of sp³-hybridized carbons (Fsp3) is 0.875. The molecule has 0 aromatic rings. The molecule has 1 rings (SSSR count). The van der Waals surface area contributed by atoms with Crippen LogP contribution in [-0.2, 0) is 4.74 Å². The highest BCUT2D eigenvalue weighted by molar-refractivity contribution is 4.80. The Hall–Kier alpha value is -0.380. The highest BCUT2D eigenvalue weighted by Crippen LogP contribution is 2.10. The van der Waals surface area contributed by atoms with Gasteiger partial charge in [0.2, 0.25) is 0 Å². The quantitative estimate of drug-likeness (QED) is 0.423. The van der Waals surface area contributed by atoms with Crippen LogP contribution in [0, 0.1) is 0 Å². The second kappa shape index (κ2) is 11.4. The summed E-state index contributed by atoms with van der Waals surface area (Å²) in [6, 6.07) is 0.361. The third-order valence-corrected chi connectivity index (χ3v) is 3.71. The predicted octanol–water partition coefficient (Wildman–Crippen LogP) is 3.03. The normalized spacial score (nSPS) is 22.8. The number of aliphatic hydroxyl groups is 1. The van der Waals surface area contributed by atoms with E-state index in [1.54, 1.807) is 0 Å². The number of ether oxygens (including phenoxy) is 1. The van der Waals surface area contributed by atoms with E-state index in [2.05, 4.69) is 11.9 Å². The van der Waals surface area contributed by atoms with Gasteiger partial charge in [0.05, 0.1) is 12.7 Å². The Bertz CT molecular complexity index is 221. The third kappa shape index (κ3) is 9.20. The van der Waals surface area contributed by atoms with Crippen LogP contribution in [0.25, 0.3) is 0 Å². The maximum Gasteiger partial charge on any atom is 0.0680 e. The number of hydrogen-bond acceptors (Lipinski definition) is 3. The predicted molar refractivity (Wildman–Crippen MR) is 80.4 cm³/mol. The van der Waals surface area contributed by atoms with Crippen LogP contribution in [0.15, 0.2) is 12.7 Å². The Morgan fingerprint density at radius 2 is 1.79 bits per heavy atom. The molecule has 0 aliphatic carbocycles. The fourth-order valence-electron chi connectivity index (χ4n) is 2.53. The molecule has 3 heteroatoms. The number of allylic oxidation sites excluding steroid dienone is 1. The maximum absolute atomic E-state index is 9.35. The van der Waals surface area contributed by atoms with Crippen LogP contribution in [0.5, 0.6) is 0 Å². The van der Waals surface area contributed by atoms with Crippen molar-refractivity contribution < 1.29 is 9.84 Å². The number of nitrogens with one attached hydrogen (secondary N) is 1. The zero-order chi connectivity index (χ0) is 13.8. The Kier molecular flexibility index (Phi) is 10.0. The number of β-amino-alcohol motifs (C(OH)–C–C–N with tert-alkyl or cyclic N) is 1. The van der Waals surface area contributed by atoms with E-state index in [-0.39, 0.29) is 6.10 Å². The molecule has 0 aromatic carbocycles. The smallest absolute Gasteiger partial charge is 0.0680 e. The van der Waals surface area contributed by atoms with Crippen molar-refractivity contribution in [2.24, 2.45) is 0 Å². The molecule has 1 aliphatic rings. The molecule has 3 nitrogen and oxygen atoms in total. The maximum atomic E-state index is 9.35. The molecule has 2 N–H and O–H groups in total. The number of aliphatic hydroxyl groups excluding tert-OH is 1.